The van der Waals surface area contributed by atoms with Crippen LogP contribution in [0.1, 0.15) is 36.2 Å². The van der Waals surface area contributed by atoms with Crippen molar-refractivity contribution in [1.82, 2.24) is 20.0 Å². The second-order valence-electron chi connectivity index (χ2n) is 8.24. The zero-order valence-corrected chi connectivity index (χ0v) is 16.0. The monoisotopic (exact) mass is 352 g/mol. The SMILES string of the molecule is Cc1cc(CN2CCC(C3CCN(CCc4ccccc4)CC3)C2)n[nH]1. The molecule has 1 N–H and O–H groups in total. The molecule has 1 aromatic heterocycles. The van der Waals surface area contributed by atoms with Gasteiger partial charge >= 0.3 is 0 Å². The fourth-order valence-electron chi connectivity index (χ4n) is 4.76. The van der Waals surface area contributed by atoms with Crippen molar-refractivity contribution in [2.24, 2.45) is 11.8 Å². The lowest BCUT2D eigenvalue weighted by Crippen LogP contribution is -2.37. The van der Waals surface area contributed by atoms with E-state index < -0.39 is 0 Å². The second-order valence-corrected chi connectivity index (χ2v) is 8.24. The minimum atomic E-state index is 0.895. The lowest BCUT2D eigenvalue weighted by atomic mass is 9.83. The van der Waals surface area contributed by atoms with Crippen molar-refractivity contribution in [2.75, 3.05) is 32.7 Å². The highest BCUT2D eigenvalue weighted by atomic mass is 15.2. The first kappa shape index (κ1) is 17.7. The summed E-state index contributed by atoms with van der Waals surface area (Å²) in [6.07, 6.45) is 5.33. The Hall–Kier alpha value is -1.65. The molecular weight excluding hydrogens is 320 g/mol. The summed E-state index contributed by atoms with van der Waals surface area (Å²) < 4.78 is 0. The van der Waals surface area contributed by atoms with E-state index in [0.29, 0.717) is 0 Å². The fourth-order valence-corrected chi connectivity index (χ4v) is 4.76. The van der Waals surface area contributed by atoms with Crippen LogP contribution in [0.4, 0.5) is 0 Å². The van der Waals surface area contributed by atoms with Gasteiger partial charge in [0, 0.05) is 25.3 Å². The zero-order valence-electron chi connectivity index (χ0n) is 16.0. The maximum Gasteiger partial charge on any atom is 0.0765 e. The van der Waals surface area contributed by atoms with Gasteiger partial charge in [0.05, 0.1) is 5.69 Å². The minimum Gasteiger partial charge on any atom is -0.303 e. The summed E-state index contributed by atoms with van der Waals surface area (Å²) in [5, 5.41) is 7.46. The summed E-state index contributed by atoms with van der Waals surface area (Å²) in [4.78, 5) is 5.27. The van der Waals surface area contributed by atoms with Gasteiger partial charge in [0.1, 0.15) is 0 Å². The molecule has 0 saturated carbocycles. The van der Waals surface area contributed by atoms with E-state index in [4.69, 9.17) is 0 Å². The average molecular weight is 353 g/mol. The Balaban J connectivity index is 1.19. The molecule has 2 aliphatic rings. The van der Waals surface area contributed by atoms with Gasteiger partial charge in [0.2, 0.25) is 0 Å². The van der Waals surface area contributed by atoms with E-state index in [1.54, 1.807) is 0 Å². The first-order valence-electron chi connectivity index (χ1n) is 10.3. The number of nitrogens with zero attached hydrogens (tertiary/aromatic N) is 3. The van der Waals surface area contributed by atoms with E-state index in [1.807, 2.05) is 0 Å². The number of H-pyrrole nitrogens is 1. The van der Waals surface area contributed by atoms with Crippen LogP contribution in [0.15, 0.2) is 36.4 Å². The Morgan fingerprint density at radius 2 is 1.73 bits per heavy atom. The molecule has 26 heavy (non-hydrogen) atoms. The maximum absolute atomic E-state index is 4.40. The molecule has 2 aromatic rings. The van der Waals surface area contributed by atoms with Crippen molar-refractivity contribution in [3.63, 3.8) is 0 Å². The van der Waals surface area contributed by atoms with Crippen molar-refractivity contribution in [3.05, 3.63) is 53.3 Å². The number of hydrogen-bond donors (Lipinski definition) is 1. The van der Waals surface area contributed by atoms with Crippen LogP contribution < -0.4 is 0 Å². The van der Waals surface area contributed by atoms with Crippen molar-refractivity contribution >= 4 is 0 Å². The van der Waals surface area contributed by atoms with Gasteiger partial charge < -0.3 is 4.90 Å². The van der Waals surface area contributed by atoms with Crippen LogP contribution >= 0.6 is 0 Å². The summed E-state index contributed by atoms with van der Waals surface area (Å²) in [7, 11) is 0. The second kappa shape index (κ2) is 8.36. The number of piperidine rings is 1. The Kier molecular flexibility index (Phi) is 5.71. The van der Waals surface area contributed by atoms with E-state index in [9.17, 15) is 0 Å². The average Bonchev–Trinajstić information content (AvgIpc) is 3.31. The van der Waals surface area contributed by atoms with Crippen molar-refractivity contribution < 1.29 is 0 Å². The smallest absolute Gasteiger partial charge is 0.0765 e. The first-order valence-corrected chi connectivity index (χ1v) is 10.3. The van der Waals surface area contributed by atoms with Gasteiger partial charge in [0.25, 0.3) is 0 Å². The summed E-state index contributed by atoms with van der Waals surface area (Å²) in [5.74, 6) is 1.82. The van der Waals surface area contributed by atoms with Crippen LogP contribution in [0.2, 0.25) is 0 Å². The van der Waals surface area contributed by atoms with E-state index in [1.165, 1.54) is 75.4 Å². The Labute approximate surface area is 157 Å². The number of nitrogens with one attached hydrogen (secondary N) is 1. The molecule has 0 amide bonds. The van der Waals surface area contributed by atoms with Gasteiger partial charge in [-0.1, -0.05) is 30.3 Å². The van der Waals surface area contributed by atoms with Crippen LogP contribution in [-0.4, -0.2) is 52.7 Å². The minimum absolute atomic E-state index is 0.895. The van der Waals surface area contributed by atoms with Crippen molar-refractivity contribution in [3.8, 4) is 0 Å². The summed E-state index contributed by atoms with van der Waals surface area (Å²) >= 11 is 0. The van der Waals surface area contributed by atoms with Gasteiger partial charge in [0.15, 0.2) is 0 Å². The first-order chi connectivity index (χ1) is 12.8. The molecule has 2 fully saturated rings. The zero-order chi connectivity index (χ0) is 17.8. The molecule has 2 aliphatic heterocycles. The molecule has 0 spiro atoms. The van der Waals surface area contributed by atoms with E-state index in [-0.39, 0.29) is 0 Å². The quantitative estimate of drug-likeness (QED) is 0.864. The molecule has 1 atom stereocenters. The Bertz CT molecular complexity index is 672. The number of hydrogen-bond acceptors (Lipinski definition) is 3. The highest BCUT2D eigenvalue weighted by molar-refractivity contribution is 5.14. The van der Waals surface area contributed by atoms with Crippen LogP contribution in [0, 0.1) is 18.8 Å². The highest BCUT2D eigenvalue weighted by Gasteiger charge is 2.31. The van der Waals surface area contributed by atoms with Gasteiger partial charge in [-0.25, -0.2) is 0 Å². The molecule has 140 valence electrons. The highest BCUT2D eigenvalue weighted by Crippen LogP contribution is 2.32. The number of aromatic amines is 1. The molecule has 0 bridgehead atoms. The van der Waals surface area contributed by atoms with Crippen LogP contribution in [0.3, 0.4) is 0 Å². The van der Waals surface area contributed by atoms with Gasteiger partial charge in [-0.2, -0.15) is 5.10 Å². The van der Waals surface area contributed by atoms with Gasteiger partial charge in [-0.15, -0.1) is 0 Å². The topological polar surface area (TPSA) is 35.2 Å². The van der Waals surface area contributed by atoms with Crippen LogP contribution in [0.25, 0.3) is 0 Å². The molecule has 1 aromatic carbocycles. The number of aryl methyl sites for hydroxylation is 1. The van der Waals surface area contributed by atoms with E-state index in [0.717, 1.165) is 18.4 Å². The van der Waals surface area contributed by atoms with E-state index >= 15 is 0 Å². The van der Waals surface area contributed by atoms with Crippen LogP contribution in [-0.2, 0) is 13.0 Å². The fraction of sp³-hybridized carbons (Fsp3) is 0.591. The molecule has 3 heterocycles. The molecule has 2 saturated heterocycles. The third-order valence-corrected chi connectivity index (χ3v) is 6.31. The predicted octanol–water partition coefficient (Wildman–Crippen LogP) is 3.49. The molecule has 1 unspecified atom stereocenters. The van der Waals surface area contributed by atoms with Crippen LogP contribution in [0.5, 0.6) is 0 Å². The molecule has 4 heteroatoms. The lowest BCUT2D eigenvalue weighted by molar-refractivity contribution is 0.147. The molecule has 0 aliphatic carbocycles. The molecular formula is C22H32N4. The standard InChI is InChI=1S/C22H32N4/c1-18-15-22(24-23-18)17-26-14-10-21(16-26)20-8-12-25(13-9-20)11-7-19-5-3-2-4-6-19/h2-6,15,20-21H,7-14,16-17H2,1H3,(H,23,24). The maximum atomic E-state index is 4.40. The van der Waals surface area contributed by atoms with Crippen molar-refractivity contribution in [2.45, 2.75) is 39.2 Å². The van der Waals surface area contributed by atoms with Crippen molar-refractivity contribution in [1.29, 1.82) is 0 Å². The predicted molar refractivity (Wildman–Crippen MR) is 106 cm³/mol. The summed E-state index contributed by atoms with van der Waals surface area (Å²) in [6.45, 7) is 9.38. The summed E-state index contributed by atoms with van der Waals surface area (Å²) in [5.41, 5.74) is 3.83. The summed E-state index contributed by atoms with van der Waals surface area (Å²) in [6, 6.07) is 13.1. The number of rotatable bonds is 6. The number of aromatic nitrogens is 2. The van der Waals surface area contributed by atoms with E-state index in [2.05, 4.69) is 63.3 Å². The lowest BCUT2D eigenvalue weighted by Gasteiger charge is -2.35. The Morgan fingerprint density at radius 3 is 2.46 bits per heavy atom. The Morgan fingerprint density at radius 1 is 1.00 bits per heavy atom. The van der Waals surface area contributed by atoms with Gasteiger partial charge in [-0.3, -0.25) is 10.00 Å². The molecule has 0 radical (unpaired) electrons. The van der Waals surface area contributed by atoms with Gasteiger partial charge in [-0.05, 0) is 75.7 Å². The number of likely N-dealkylation sites (tertiary alicyclic amines) is 2. The largest absolute Gasteiger partial charge is 0.303 e. The normalized spacial score (nSPS) is 22.9. The third kappa shape index (κ3) is 4.54. The number of benzene rings is 1. The molecule has 4 nitrogen and oxygen atoms in total. The third-order valence-electron chi connectivity index (χ3n) is 6.31. The molecule has 4 rings (SSSR count).